The van der Waals surface area contributed by atoms with Crippen LogP contribution in [0, 0.1) is 11.8 Å². The Morgan fingerprint density at radius 1 is 1.13 bits per heavy atom. The predicted octanol–water partition coefficient (Wildman–Crippen LogP) is 4.26. The summed E-state index contributed by atoms with van der Waals surface area (Å²) in [5.74, 6) is -0.517. The predicted molar refractivity (Wildman–Crippen MR) is 147 cm³/mol. The number of oxazole rings is 1. The van der Waals surface area contributed by atoms with E-state index in [1.807, 2.05) is 61.5 Å². The van der Waals surface area contributed by atoms with E-state index in [2.05, 4.69) is 20.3 Å². The smallest absolute Gasteiger partial charge is 0.269 e. The summed E-state index contributed by atoms with van der Waals surface area (Å²) >= 11 is 0. The molecule has 9 heteroatoms. The molecule has 4 aromatic rings. The van der Waals surface area contributed by atoms with Crippen LogP contribution in [0.15, 0.2) is 71.5 Å². The van der Waals surface area contributed by atoms with Crippen LogP contribution in [-0.4, -0.2) is 56.4 Å². The largest absolute Gasteiger partial charge is 0.437 e. The van der Waals surface area contributed by atoms with Gasteiger partial charge in [0.2, 0.25) is 11.8 Å². The van der Waals surface area contributed by atoms with Crippen molar-refractivity contribution in [1.29, 1.82) is 0 Å². The number of rotatable bonds is 10. The van der Waals surface area contributed by atoms with E-state index in [0.29, 0.717) is 28.9 Å². The monoisotopic (exact) mass is 529 g/mol. The molecule has 2 heterocycles. The highest BCUT2D eigenvalue weighted by atomic mass is 16.4. The number of hydrogen-bond acceptors (Lipinski definition) is 6. The van der Waals surface area contributed by atoms with Crippen molar-refractivity contribution in [2.24, 2.45) is 11.8 Å². The standard InChI is InChI=1S/C30H35N5O4/c1-2-35(28(37)23(21-11-5-3-6-12-21)17-32-27(36)25-18-31-20-33-25)19-30(38,22-13-7-4-8-14-22)29-34-24-15-9-10-16-26(24)39-29/h4,7-10,13-16,18,20-21,23,38H,2-3,5-6,11-12,17,19H2,1H3,(H,31,33)(H,32,36). The fraction of sp³-hybridized carbons (Fsp3) is 0.400. The average Bonchev–Trinajstić information content (AvgIpc) is 3.68. The summed E-state index contributed by atoms with van der Waals surface area (Å²) < 4.78 is 6.04. The van der Waals surface area contributed by atoms with E-state index in [4.69, 9.17) is 4.42 Å². The van der Waals surface area contributed by atoms with Gasteiger partial charge in [0.1, 0.15) is 11.2 Å². The number of likely N-dealkylation sites (N-methyl/N-ethyl adjacent to an activating group) is 1. The van der Waals surface area contributed by atoms with Crippen LogP contribution in [0.25, 0.3) is 11.1 Å². The Morgan fingerprint density at radius 3 is 2.56 bits per heavy atom. The Bertz CT molecular complexity index is 1350. The highest BCUT2D eigenvalue weighted by Crippen LogP contribution is 2.35. The third-order valence-electron chi connectivity index (χ3n) is 7.77. The minimum absolute atomic E-state index is 0.0309. The zero-order valence-corrected chi connectivity index (χ0v) is 22.2. The molecule has 0 bridgehead atoms. The molecule has 2 aromatic carbocycles. The van der Waals surface area contributed by atoms with E-state index in [9.17, 15) is 14.7 Å². The van der Waals surface area contributed by atoms with Crippen molar-refractivity contribution in [3.8, 4) is 0 Å². The van der Waals surface area contributed by atoms with Crippen molar-refractivity contribution in [3.05, 3.63) is 84.3 Å². The molecular weight excluding hydrogens is 494 g/mol. The summed E-state index contributed by atoms with van der Waals surface area (Å²) in [7, 11) is 0. The first-order chi connectivity index (χ1) is 19.0. The van der Waals surface area contributed by atoms with Crippen LogP contribution < -0.4 is 5.32 Å². The molecule has 1 aliphatic carbocycles. The molecule has 0 aliphatic heterocycles. The molecule has 39 heavy (non-hydrogen) atoms. The third kappa shape index (κ3) is 5.73. The lowest BCUT2D eigenvalue weighted by Crippen LogP contribution is -2.50. The first-order valence-corrected chi connectivity index (χ1v) is 13.7. The number of hydrogen-bond donors (Lipinski definition) is 3. The van der Waals surface area contributed by atoms with Gasteiger partial charge >= 0.3 is 0 Å². The lowest BCUT2D eigenvalue weighted by molar-refractivity contribution is -0.140. The number of aliphatic hydroxyl groups is 1. The summed E-state index contributed by atoms with van der Waals surface area (Å²) in [4.78, 5) is 39.9. The van der Waals surface area contributed by atoms with Crippen molar-refractivity contribution >= 4 is 22.9 Å². The number of aromatic nitrogens is 3. The first-order valence-electron chi connectivity index (χ1n) is 13.7. The van der Waals surface area contributed by atoms with Gasteiger partial charge in [0.15, 0.2) is 11.2 Å². The van der Waals surface area contributed by atoms with Crippen LogP contribution >= 0.6 is 0 Å². The molecule has 2 aromatic heterocycles. The van der Waals surface area contributed by atoms with Crippen molar-refractivity contribution in [3.63, 3.8) is 0 Å². The molecule has 204 valence electrons. The molecule has 2 amide bonds. The van der Waals surface area contributed by atoms with E-state index < -0.39 is 11.5 Å². The van der Waals surface area contributed by atoms with E-state index in [1.165, 1.54) is 12.5 Å². The lowest BCUT2D eigenvalue weighted by Gasteiger charge is -2.37. The fourth-order valence-electron chi connectivity index (χ4n) is 5.57. The van der Waals surface area contributed by atoms with Crippen LogP contribution in [-0.2, 0) is 10.4 Å². The second kappa shape index (κ2) is 11.8. The highest BCUT2D eigenvalue weighted by Gasteiger charge is 2.42. The summed E-state index contributed by atoms with van der Waals surface area (Å²) in [6, 6.07) is 16.6. The number of carbonyl (C=O) groups is 2. The number of aromatic amines is 1. The molecule has 1 fully saturated rings. The quantitative estimate of drug-likeness (QED) is 0.282. The number of carbonyl (C=O) groups excluding carboxylic acids is 2. The van der Waals surface area contributed by atoms with Gasteiger partial charge in [-0.05, 0) is 43.4 Å². The average molecular weight is 530 g/mol. The number of imidazole rings is 1. The number of benzene rings is 2. The molecular formula is C30H35N5O4. The van der Waals surface area contributed by atoms with Gasteiger partial charge in [0.05, 0.1) is 25.0 Å². The molecule has 2 unspecified atom stereocenters. The van der Waals surface area contributed by atoms with E-state index >= 15 is 0 Å². The van der Waals surface area contributed by atoms with Crippen molar-refractivity contribution < 1.29 is 19.1 Å². The van der Waals surface area contributed by atoms with Crippen LogP contribution in [0.3, 0.4) is 0 Å². The van der Waals surface area contributed by atoms with Gasteiger partial charge in [-0.1, -0.05) is 61.7 Å². The maximum atomic E-state index is 14.2. The van der Waals surface area contributed by atoms with Crippen molar-refractivity contribution in [2.75, 3.05) is 19.6 Å². The van der Waals surface area contributed by atoms with E-state index in [0.717, 1.165) is 32.1 Å². The molecule has 3 N–H and O–H groups in total. The lowest BCUT2D eigenvalue weighted by atomic mass is 9.79. The zero-order chi connectivity index (χ0) is 27.2. The Morgan fingerprint density at radius 2 is 1.87 bits per heavy atom. The minimum Gasteiger partial charge on any atom is -0.437 e. The SMILES string of the molecule is CCN(CC(O)(c1ccccc1)c1nc2ccccc2o1)C(=O)C(CNC(=O)c1cnc[nH]1)C1CCCCC1. The van der Waals surface area contributed by atoms with Crippen LogP contribution in [0.1, 0.15) is 61.0 Å². The van der Waals surface area contributed by atoms with Gasteiger partial charge in [-0.15, -0.1) is 0 Å². The number of H-pyrrole nitrogens is 1. The molecule has 0 saturated heterocycles. The summed E-state index contributed by atoms with van der Waals surface area (Å²) in [5.41, 5.74) is 0.481. The molecule has 2 atom stereocenters. The number of nitrogens with zero attached hydrogens (tertiary/aromatic N) is 3. The molecule has 1 saturated carbocycles. The molecule has 1 aliphatic rings. The number of amides is 2. The Hall–Kier alpha value is -3.98. The second-order valence-corrected chi connectivity index (χ2v) is 10.2. The van der Waals surface area contributed by atoms with E-state index in [-0.39, 0.29) is 36.7 Å². The Kier molecular flexibility index (Phi) is 8.07. The summed E-state index contributed by atoms with van der Waals surface area (Å²) in [6.07, 6.45) is 8.06. The number of fused-ring (bicyclic) bond motifs is 1. The van der Waals surface area contributed by atoms with Crippen molar-refractivity contribution in [1.82, 2.24) is 25.2 Å². The zero-order valence-electron chi connectivity index (χ0n) is 22.2. The van der Waals surface area contributed by atoms with Crippen LogP contribution in [0.2, 0.25) is 0 Å². The molecule has 5 rings (SSSR count). The number of para-hydroxylation sites is 2. The van der Waals surface area contributed by atoms with E-state index in [1.54, 1.807) is 4.90 Å². The summed E-state index contributed by atoms with van der Waals surface area (Å²) in [5, 5.41) is 15.1. The van der Waals surface area contributed by atoms with Gasteiger partial charge in [0, 0.05) is 13.1 Å². The molecule has 0 spiro atoms. The third-order valence-corrected chi connectivity index (χ3v) is 7.77. The number of nitrogens with one attached hydrogen (secondary N) is 2. The van der Waals surface area contributed by atoms with Crippen LogP contribution in [0.5, 0.6) is 0 Å². The van der Waals surface area contributed by atoms with Crippen LogP contribution in [0.4, 0.5) is 0 Å². The Labute approximate surface area is 227 Å². The van der Waals surface area contributed by atoms with Gasteiger partial charge < -0.3 is 24.7 Å². The second-order valence-electron chi connectivity index (χ2n) is 10.2. The van der Waals surface area contributed by atoms with Gasteiger partial charge in [-0.3, -0.25) is 9.59 Å². The Balaban J connectivity index is 1.44. The van der Waals surface area contributed by atoms with Crippen molar-refractivity contribution in [2.45, 2.75) is 44.6 Å². The highest BCUT2D eigenvalue weighted by molar-refractivity contribution is 5.92. The topological polar surface area (TPSA) is 124 Å². The normalized spacial score (nSPS) is 16.5. The molecule has 9 nitrogen and oxygen atoms in total. The van der Waals surface area contributed by atoms with Gasteiger partial charge in [-0.2, -0.15) is 0 Å². The van der Waals surface area contributed by atoms with Gasteiger partial charge in [0.25, 0.3) is 5.91 Å². The summed E-state index contributed by atoms with van der Waals surface area (Å²) in [6.45, 7) is 2.46. The maximum absolute atomic E-state index is 14.2. The molecule has 0 radical (unpaired) electrons. The minimum atomic E-state index is -1.66. The first kappa shape index (κ1) is 26.6. The fourth-order valence-corrected chi connectivity index (χ4v) is 5.57. The van der Waals surface area contributed by atoms with Gasteiger partial charge in [-0.25, -0.2) is 9.97 Å². The maximum Gasteiger partial charge on any atom is 0.269 e.